The van der Waals surface area contributed by atoms with E-state index in [4.69, 9.17) is 4.74 Å². The molecule has 7 nitrogen and oxygen atoms in total. The van der Waals surface area contributed by atoms with Crippen LogP contribution in [0.4, 0.5) is 0 Å². The standard InChI is InChI=1S/C19H23N3O4S2/c1-21(2)19(23)16-5-3-4-15(12-16)14-27-18-7-6-17(13-20-18)28(24,25)22-8-10-26-11-9-22/h3-7,12-13H,8-11,14H2,1-2H3. The summed E-state index contributed by atoms with van der Waals surface area (Å²) in [6.45, 7) is 1.55. The summed E-state index contributed by atoms with van der Waals surface area (Å²) in [5.74, 6) is 0.597. The van der Waals surface area contributed by atoms with E-state index < -0.39 is 10.0 Å². The van der Waals surface area contributed by atoms with Crippen LogP contribution < -0.4 is 0 Å². The van der Waals surface area contributed by atoms with Gasteiger partial charge in [0.15, 0.2) is 0 Å². The maximum Gasteiger partial charge on any atom is 0.253 e. The second-order valence-electron chi connectivity index (χ2n) is 6.54. The van der Waals surface area contributed by atoms with E-state index in [1.807, 2.05) is 18.2 Å². The minimum atomic E-state index is -3.53. The van der Waals surface area contributed by atoms with Crippen molar-refractivity contribution in [2.75, 3.05) is 40.4 Å². The second kappa shape index (κ2) is 9.04. The van der Waals surface area contributed by atoms with Crippen LogP contribution >= 0.6 is 11.8 Å². The van der Waals surface area contributed by atoms with E-state index in [0.717, 1.165) is 10.6 Å². The summed E-state index contributed by atoms with van der Waals surface area (Å²) in [5.41, 5.74) is 1.65. The number of sulfonamides is 1. The topological polar surface area (TPSA) is 79.8 Å². The molecule has 0 aliphatic carbocycles. The molecule has 1 aliphatic heterocycles. The minimum Gasteiger partial charge on any atom is -0.379 e. The van der Waals surface area contributed by atoms with Crippen molar-refractivity contribution >= 4 is 27.7 Å². The third-order valence-electron chi connectivity index (χ3n) is 4.28. The van der Waals surface area contributed by atoms with Gasteiger partial charge in [-0.1, -0.05) is 12.1 Å². The molecule has 0 unspecified atom stereocenters. The Morgan fingerprint density at radius 3 is 2.61 bits per heavy atom. The molecule has 1 amide bonds. The maximum absolute atomic E-state index is 12.6. The third-order valence-corrected chi connectivity index (χ3v) is 7.18. The van der Waals surface area contributed by atoms with Crippen molar-refractivity contribution in [2.24, 2.45) is 0 Å². The molecule has 1 fully saturated rings. The molecule has 2 aromatic rings. The molecule has 0 bridgehead atoms. The van der Waals surface area contributed by atoms with Crippen molar-refractivity contribution in [3.05, 3.63) is 53.7 Å². The molecule has 9 heteroatoms. The summed E-state index contributed by atoms with van der Waals surface area (Å²) in [4.78, 5) is 18.1. The molecule has 150 valence electrons. The van der Waals surface area contributed by atoms with Gasteiger partial charge in [0, 0.05) is 44.7 Å². The van der Waals surface area contributed by atoms with Gasteiger partial charge in [-0.2, -0.15) is 4.31 Å². The third kappa shape index (κ3) is 4.91. The smallest absolute Gasteiger partial charge is 0.253 e. The Labute approximate surface area is 169 Å². The number of hydrogen-bond donors (Lipinski definition) is 0. The molecule has 1 aliphatic rings. The van der Waals surface area contributed by atoms with Gasteiger partial charge in [-0.05, 0) is 29.8 Å². The van der Waals surface area contributed by atoms with E-state index in [1.165, 1.54) is 22.3 Å². The fourth-order valence-electron chi connectivity index (χ4n) is 2.75. The monoisotopic (exact) mass is 421 g/mol. The molecule has 0 spiro atoms. The molecule has 0 radical (unpaired) electrons. The van der Waals surface area contributed by atoms with Crippen LogP contribution in [-0.4, -0.2) is 68.9 Å². The predicted molar refractivity (Wildman–Crippen MR) is 108 cm³/mol. The summed E-state index contributed by atoms with van der Waals surface area (Å²) in [5, 5.41) is 0.727. The normalized spacial score (nSPS) is 15.4. The Kier molecular flexibility index (Phi) is 6.71. The van der Waals surface area contributed by atoms with E-state index in [1.54, 1.807) is 37.2 Å². The summed E-state index contributed by atoms with van der Waals surface area (Å²) < 4.78 is 31.9. The molecular weight excluding hydrogens is 398 g/mol. The zero-order valence-electron chi connectivity index (χ0n) is 15.9. The Morgan fingerprint density at radius 1 is 1.21 bits per heavy atom. The van der Waals surface area contributed by atoms with E-state index >= 15 is 0 Å². The lowest BCUT2D eigenvalue weighted by molar-refractivity contribution is 0.0730. The number of pyridine rings is 1. The average molecular weight is 422 g/mol. The van der Waals surface area contributed by atoms with E-state index in [0.29, 0.717) is 37.6 Å². The van der Waals surface area contributed by atoms with E-state index in [-0.39, 0.29) is 10.8 Å². The SMILES string of the molecule is CN(C)C(=O)c1cccc(CSc2ccc(S(=O)(=O)N3CCOCC3)cn2)c1. The van der Waals surface area contributed by atoms with Crippen LogP contribution in [0, 0.1) is 0 Å². The number of rotatable bonds is 6. The largest absolute Gasteiger partial charge is 0.379 e. The summed E-state index contributed by atoms with van der Waals surface area (Å²) in [6.07, 6.45) is 1.40. The Hall–Kier alpha value is -1.94. The van der Waals surface area contributed by atoms with Crippen molar-refractivity contribution in [1.82, 2.24) is 14.2 Å². The van der Waals surface area contributed by atoms with Crippen LogP contribution in [0.3, 0.4) is 0 Å². The van der Waals surface area contributed by atoms with Crippen LogP contribution in [0.1, 0.15) is 15.9 Å². The highest BCUT2D eigenvalue weighted by Crippen LogP contribution is 2.24. The minimum absolute atomic E-state index is 0.0392. The first-order valence-corrected chi connectivity index (χ1v) is 11.3. The second-order valence-corrected chi connectivity index (χ2v) is 9.47. The number of carbonyl (C=O) groups is 1. The highest BCUT2D eigenvalue weighted by molar-refractivity contribution is 7.98. The summed E-state index contributed by atoms with van der Waals surface area (Å²) in [7, 11) is -0.0849. The van der Waals surface area contributed by atoms with E-state index in [9.17, 15) is 13.2 Å². The van der Waals surface area contributed by atoms with Gasteiger partial charge in [-0.15, -0.1) is 11.8 Å². The van der Waals surface area contributed by atoms with Crippen LogP contribution in [-0.2, 0) is 20.5 Å². The van der Waals surface area contributed by atoms with Crippen molar-refractivity contribution < 1.29 is 17.9 Å². The Bertz CT molecular complexity index is 924. The van der Waals surface area contributed by atoms with Crippen molar-refractivity contribution in [3.8, 4) is 0 Å². The van der Waals surface area contributed by atoms with Crippen LogP contribution in [0.25, 0.3) is 0 Å². The van der Waals surface area contributed by atoms with Crippen LogP contribution in [0.5, 0.6) is 0 Å². The first kappa shape index (κ1) is 20.8. The van der Waals surface area contributed by atoms with Gasteiger partial charge in [-0.25, -0.2) is 13.4 Å². The fraction of sp³-hybridized carbons (Fsp3) is 0.368. The predicted octanol–water partition coefficient (Wildman–Crippen LogP) is 2.10. The highest BCUT2D eigenvalue weighted by Gasteiger charge is 2.26. The van der Waals surface area contributed by atoms with Crippen molar-refractivity contribution in [3.63, 3.8) is 0 Å². The van der Waals surface area contributed by atoms with Crippen molar-refractivity contribution in [1.29, 1.82) is 0 Å². The zero-order chi connectivity index (χ0) is 20.1. The quantitative estimate of drug-likeness (QED) is 0.665. The molecule has 1 aromatic carbocycles. The lowest BCUT2D eigenvalue weighted by atomic mass is 10.1. The molecule has 1 saturated heterocycles. The fourth-order valence-corrected chi connectivity index (χ4v) is 4.89. The molecule has 28 heavy (non-hydrogen) atoms. The first-order chi connectivity index (χ1) is 13.4. The van der Waals surface area contributed by atoms with Gasteiger partial charge < -0.3 is 9.64 Å². The number of nitrogens with zero attached hydrogens (tertiary/aromatic N) is 3. The average Bonchev–Trinajstić information content (AvgIpc) is 2.73. The van der Waals surface area contributed by atoms with Gasteiger partial charge in [0.05, 0.1) is 18.2 Å². The maximum atomic E-state index is 12.6. The number of amides is 1. The summed E-state index contributed by atoms with van der Waals surface area (Å²) in [6, 6.07) is 10.8. The van der Waals surface area contributed by atoms with Gasteiger partial charge in [-0.3, -0.25) is 4.79 Å². The lowest BCUT2D eigenvalue weighted by Crippen LogP contribution is -2.40. The number of carbonyl (C=O) groups excluding carboxylic acids is 1. The molecule has 0 atom stereocenters. The molecule has 0 saturated carbocycles. The van der Waals surface area contributed by atoms with Gasteiger partial charge in [0.1, 0.15) is 4.90 Å². The molecule has 0 N–H and O–H groups in total. The van der Waals surface area contributed by atoms with Crippen LogP contribution in [0.2, 0.25) is 0 Å². The number of morpholine rings is 1. The Balaban J connectivity index is 1.65. The highest BCUT2D eigenvalue weighted by atomic mass is 32.2. The van der Waals surface area contributed by atoms with Gasteiger partial charge in [0.2, 0.25) is 10.0 Å². The first-order valence-electron chi connectivity index (χ1n) is 8.85. The van der Waals surface area contributed by atoms with Crippen molar-refractivity contribution in [2.45, 2.75) is 15.7 Å². The number of hydrogen-bond acceptors (Lipinski definition) is 6. The molecule has 3 rings (SSSR count). The van der Waals surface area contributed by atoms with E-state index in [2.05, 4.69) is 4.98 Å². The molecule has 1 aromatic heterocycles. The number of aromatic nitrogens is 1. The van der Waals surface area contributed by atoms with Crippen LogP contribution in [0.15, 0.2) is 52.5 Å². The Morgan fingerprint density at radius 2 is 1.96 bits per heavy atom. The van der Waals surface area contributed by atoms with Gasteiger partial charge in [0.25, 0.3) is 5.91 Å². The van der Waals surface area contributed by atoms with Gasteiger partial charge >= 0.3 is 0 Å². The number of ether oxygens (including phenoxy) is 1. The summed E-state index contributed by atoms with van der Waals surface area (Å²) >= 11 is 1.49. The number of benzene rings is 1. The molecule has 2 heterocycles. The zero-order valence-corrected chi connectivity index (χ0v) is 17.5. The lowest BCUT2D eigenvalue weighted by Gasteiger charge is -2.25. The number of thioether (sulfide) groups is 1. The molecular formula is C19H23N3O4S2.